The Morgan fingerprint density at radius 2 is 1.84 bits per heavy atom. The van der Waals surface area contributed by atoms with Crippen LogP contribution in [0, 0.1) is 0 Å². The lowest BCUT2D eigenvalue weighted by Gasteiger charge is -2.32. The molecule has 1 aliphatic carbocycles. The molecule has 0 bridgehead atoms. The fraction of sp³-hybridized carbons (Fsp3) is 0.278. The molecule has 1 atom stereocenters. The van der Waals surface area contributed by atoms with Crippen LogP contribution in [0.25, 0.3) is 11.0 Å². The van der Waals surface area contributed by atoms with Crippen LogP contribution < -0.4 is 5.69 Å². The Hall–Kier alpha value is -2.38. The lowest BCUT2D eigenvalue weighted by atomic mass is 9.88. The molecule has 25 heavy (non-hydrogen) atoms. The highest BCUT2D eigenvalue weighted by Gasteiger charge is 2.32. The summed E-state index contributed by atoms with van der Waals surface area (Å²) >= 11 is 0. The first-order chi connectivity index (χ1) is 12.0. The summed E-state index contributed by atoms with van der Waals surface area (Å²) in [5.74, 6) is 0. The lowest BCUT2D eigenvalue weighted by molar-refractivity contribution is 0.337. The van der Waals surface area contributed by atoms with E-state index in [0.29, 0.717) is 11.0 Å². The molecule has 3 aromatic rings. The van der Waals surface area contributed by atoms with E-state index in [0.717, 1.165) is 24.8 Å². The Labute approximate surface area is 145 Å². The monoisotopic (exact) mass is 357 g/mol. The van der Waals surface area contributed by atoms with Gasteiger partial charge >= 0.3 is 5.69 Å². The molecule has 0 saturated carbocycles. The van der Waals surface area contributed by atoms with Crippen LogP contribution in [0.2, 0.25) is 0 Å². The Morgan fingerprint density at radius 1 is 1.08 bits per heavy atom. The molecule has 0 aliphatic heterocycles. The summed E-state index contributed by atoms with van der Waals surface area (Å²) in [6.45, 7) is 0. The summed E-state index contributed by atoms with van der Waals surface area (Å²) in [6.07, 6.45) is 2.75. The zero-order chi connectivity index (χ0) is 17.6. The van der Waals surface area contributed by atoms with Crippen LogP contribution in [0.3, 0.4) is 0 Å². The van der Waals surface area contributed by atoms with E-state index in [4.69, 9.17) is 0 Å². The quantitative estimate of drug-likeness (QED) is 0.755. The summed E-state index contributed by atoms with van der Waals surface area (Å²) in [5.41, 5.74) is 3.03. The van der Waals surface area contributed by atoms with E-state index >= 15 is 0 Å². The van der Waals surface area contributed by atoms with Gasteiger partial charge in [-0.2, -0.15) is 4.31 Å². The van der Waals surface area contributed by atoms with E-state index in [2.05, 4.69) is 16.0 Å². The molecular formula is C18H19N3O3S. The molecule has 2 N–H and O–H groups in total. The number of hydrogen-bond donors (Lipinski definition) is 2. The van der Waals surface area contributed by atoms with Gasteiger partial charge in [-0.15, -0.1) is 0 Å². The van der Waals surface area contributed by atoms with Crippen LogP contribution in [0.1, 0.15) is 30.0 Å². The van der Waals surface area contributed by atoms with Crippen LogP contribution >= 0.6 is 0 Å². The van der Waals surface area contributed by atoms with Crippen molar-refractivity contribution >= 4 is 21.1 Å². The van der Waals surface area contributed by atoms with Gasteiger partial charge in [0, 0.05) is 13.1 Å². The fourth-order valence-corrected chi connectivity index (χ4v) is 5.01. The molecule has 4 rings (SSSR count). The maximum Gasteiger partial charge on any atom is 0.323 e. The molecule has 0 unspecified atom stereocenters. The standard InChI is InChI=1S/C18H19N3O3S/c1-21(17-8-4-6-12-5-2-3-7-14(12)17)25(23,24)13-9-10-15-16(11-13)20-18(22)19-15/h2-3,5,7,9-11,17H,4,6,8H2,1H3,(H2,19,20,22)/t17-/m0/s1. The van der Waals surface area contributed by atoms with Crippen molar-refractivity contribution in [3.63, 3.8) is 0 Å². The number of nitrogens with zero attached hydrogens (tertiary/aromatic N) is 1. The summed E-state index contributed by atoms with van der Waals surface area (Å²) in [5, 5.41) is 0. The van der Waals surface area contributed by atoms with Crippen molar-refractivity contribution in [1.82, 2.24) is 14.3 Å². The van der Waals surface area contributed by atoms with E-state index in [9.17, 15) is 13.2 Å². The van der Waals surface area contributed by atoms with E-state index in [1.807, 2.05) is 18.2 Å². The average molecular weight is 357 g/mol. The molecule has 0 spiro atoms. The predicted octanol–water partition coefficient (Wildman–Crippen LogP) is 2.55. The molecule has 130 valence electrons. The number of benzene rings is 2. The second-order valence-corrected chi connectivity index (χ2v) is 8.41. The minimum Gasteiger partial charge on any atom is -0.306 e. The SMILES string of the molecule is CN([C@H]1CCCc2ccccc21)S(=O)(=O)c1ccc2[nH]c(=O)[nH]c2c1. The van der Waals surface area contributed by atoms with Gasteiger partial charge < -0.3 is 9.97 Å². The highest BCUT2D eigenvalue weighted by atomic mass is 32.2. The smallest absolute Gasteiger partial charge is 0.306 e. The van der Waals surface area contributed by atoms with E-state index in [1.165, 1.54) is 22.0 Å². The number of aryl methyl sites for hydroxylation is 1. The van der Waals surface area contributed by atoms with Crippen LogP contribution in [-0.4, -0.2) is 29.7 Å². The van der Waals surface area contributed by atoms with Crippen molar-refractivity contribution in [3.8, 4) is 0 Å². The number of sulfonamides is 1. The molecule has 1 heterocycles. The zero-order valence-electron chi connectivity index (χ0n) is 13.8. The largest absolute Gasteiger partial charge is 0.323 e. The first-order valence-corrected chi connectivity index (χ1v) is 9.69. The molecule has 1 aliphatic rings. The third-order valence-electron chi connectivity index (χ3n) is 4.94. The van der Waals surface area contributed by atoms with Crippen molar-refractivity contribution in [2.24, 2.45) is 0 Å². The molecule has 1 aromatic heterocycles. The van der Waals surface area contributed by atoms with Crippen LogP contribution in [0.4, 0.5) is 0 Å². The number of imidazole rings is 1. The van der Waals surface area contributed by atoms with Crippen molar-refractivity contribution in [3.05, 3.63) is 64.1 Å². The van der Waals surface area contributed by atoms with Gasteiger partial charge in [0.25, 0.3) is 0 Å². The van der Waals surface area contributed by atoms with E-state index in [1.54, 1.807) is 13.1 Å². The summed E-state index contributed by atoms with van der Waals surface area (Å²) in [4.78, 5) is 16.8. The normalized spacial score (nSPS) is 17.8. The first-order valence-electron chi connectivity index (χ1n) is 8.25. The first kappa shape index (κ1) is 16.1. The predicted molar refractivity (Wildman–Crippen MR) is 96.0 cm³/mol. The van der Waals surface area contributed by atoms with Crippen LogP contribution in [0.5, 0.6) is 0 Å². The van der Waals surface area contributed by atoms with Gasteiger partial charge in [0.15, 0.2) is 0 Å². The van der Waals surface area contributed by atoms with Gasteiger partial charge in [0.05, 0.1) is 15.9 Å². The molecule has 0 fully saturated rings. The number of nitrogens with one attached hydrogen (secondary N) is 2. The Morgan fingerprint density at radius 3 is 2.68 bits per heavy atom. The maximum atomic E-state index is 13.1. The van der Waals surface area contributed by atoms with Crippen molar-refractivity contribution < 1.29 is 8.42 Å². The fourth-order valence-electron chi connectivity index (χ4n) is 3.61. The van der Waals surface area contributed by atoms with Crippen molar-refractivity contribution in [2.45, 2.75) is 30.2 Å². The summed E-state index contributed by atoms with van der Waals surface area (Å²) in [7, 11) is -2.04. The Bertz CT molecular complexity index is 1100. The topological polar surface area (TPSA) is 86.0 Å². The number of H-pyrrole nitrogens is 2. The average Bonchev–Trinajstić information content (AvgIpc) is 2.99. The number of aromatic nitrogens is 2. The third-order valence-corrected chi connectivity index (χ3v) is 6.80. The van der Waals surface area contributed by atoms with Crippen LogP contribution in [-0.2, 0) is 16.4 Å². The molecule has 0 amide bonds. The van der Waals surface area contributed by atoms with Gasteiger partial charge in [0.1, 0.15) is 0 Å². The minimum absolute atomic E-state index is 0.170. The maximum absolute atomic E-state index is 13.1. The Balaban J connectivity index is 1.75. The summed E-state index contributed by atoms with van der Waals surface area (Å²) < 4.78 is 27.7. The molecule has 0 radical (unpaired) electrons. The number of fused-ring (bicyclic) bond motifs is 2. The minimum atomic E-state index is -3.67. The molecule has 0 saturated heterocycles. The van der Waals surface area contributed by atoms with Gasteiger partial charge in [-0.05, 0) is 48.6 Å². The zero-order valence-corrected chi connectivity index (χ0v) is 14.6. The van der Waals surface area contributed by atoms with Gasteiger partial charge in [-0.25, -0.2) is 13.2 Å². The van der Waals surface area contributed by atoms with Gasteiger partial charge in [-0.1, -0.05) is 24.3 Å². The molecular weight excluding hydrogens is 338 g/mol. The second-order valence-electron chi connectivity index (χ2n) is 6.41. The number of aromatic amines is 2. The molecule has 2 aromatic carbocycles. The number of hydrogen-bond acceptors (Lipinski definition) is 3. The van der Waals surface area contributed by atoms with Gasteiger partial charge in [-0.3, -0.25) is 0 Å². The summed E-state index contributed by atoms with van der Waals surface area (Å²) in [6, 6.07) is 12.5. The second kappa shape index (κ2) is 5.86. The van der Waals surface area contributed by atoms with Crippen molar-refractivity contribution in [2.75, 3.05) is 7.05 Å². The van der Waals surface area contributed by atoms with Gasteiger partial charge in [0.2, 0.25) is 10.0 Å². The number of rotatable bonds is 3. The Kier molecular flexibility index (Phi) is 3.77. The molecule has 6 nitrogen and oxygen atoms in total. The third kappa shape index (κ3) is 2.69. The van der Waals surface area contributed by atoms with Crippen LogP contribution in [0.15, 0.2) is 52.2 Å². The lowest BCUT2D eigenvalue weighted by Crippen LogP contribution is -2.33. The molecule has 7 heteroatoms. The van der Waals surface area contributed by atoms with E-state index < -0.39 is 10.0 Å². The van der Waals surface area contributed by atoms with E-state index in [-0.39, 0.29) is 16.6 Å². The highest BCUT2D eigenvalue weighted by molar-refractivity contribution is 7.89. The van der Waals surface area contributed by atoms with Crippen molar-refractivity contribution in [1.29, 1.82) is 0 Å². The highest BCUT2D eigenvalue weighted by Crippen LogP contribution is 2.36.